The molecule has 20 heavy (non-hydrogen) atoms. The van der Waals surface area contributed by atoms with Crippen molar-refractivity contribution >= 4 is 5.97 Å². The lowest BCUT2D eigenvalue weighted by Gasteiger charge is -2.15. The van der Waals surface area contributed by atoms with E-state index in [1.54, 1.807) is 13.2 Å². The largest absolute Gasteiger partial charge is 0.496 e. The second-order valence-corrected chi connectivity index (χ2v) is 4.58. The molecule has 0 saturated heterocycles. The highest BCUT2D eigenvalue weighted by Gasteiger charge is 2.20. The first kappa shape index (κ1) is 14.5. The molecule has 1 heterocycles. The summed E-state index contributed by atoms with van der Waals surface area (Å²) in [5.74, 6) is 1.12. The second-order valence-electron chi connectivity index (χ2n) is 4.58. The summed E-state index contributed by atoms with van der Waals surface area (Å²) in [4.78, 5) is 11.1. The van der Waals surface area contributed by atoms with Crippen LogP contribution < -0.4 is 19.5 Å². The van der Waals surface area contributed by atoms with Gasteiger partial charge in [0.05, 0.1) is 7.11 Å². The molecule has 0 aliphatic carbocycles. The number of ether oxygens (including phenoxy) is 3. The van der Waals surface area contributed by atoms with Gasteiger partial charge < -0.3 is 24.6 Å². The quantitative estimate of drug-likeness (QED) is 0.793. The lowest BCUT2D eigenvalue weighted by Crippen LogP contribution is -2.36. The molecule has 1 aromatic rings. The number of carboxylic acids is 1. The van der Waals surface area contributed by atoms with Crippen LogP contribution in [0.5, 0.6) is 17.2 Å². The number of carboxylic acid groups (broad SMARTS) is 1. The highest BCUT2D eigenvalue weighted by atomic mass is 16.7. The number of methoxy groups -OCH3 is 1. The average Bonchev–Trinajstić information content (AvgIpc) is 2.89. The normalized spacial score (nSPS) is 14.1. The second kappa shape index (κ2) is 6.47. The zero-order valence-corrected chi connectivity index (χ0v) is 11.6. The molecule has 1 aliphatic heterocycles. The predicted octanol–water partition coefficient (Wildman–Crippen LogP) is 1.77. The van der Waals surface area contributed by atoms with E-state index in [0.29, 0.717) is 30.2 Å². The number of aliphatic carboxylic acids is 1. The minimum atomic E-state index is -0.841. The maximum atomic E-state index is 11.1. The maximum Gasteiger partial charge on any atom is 0.320 e. The molecule has 0 radical (unpaired) electrons. The Bertz CT molecular complexity index is 489. The number of carbonyl (C=O) groups is 1. The molecule has 1 atom stereocenters. The Morgan fingerprint density at radius 1 is 1.45 bits per heavy atom. The van der Waals surface area contributed by atoms with E-state index in [1.807, 2.05) is 13.0 Å². The van der Waals surface area contributed by atoms with Crippen LogP contribution in [0.3, 0.4) is 0 Å². The SMILES string of the molecule is CCCC(NCc1cc2c(cc1OC)OCO2)C(=O)O. The highest BCUT2D eigenvalue weighted by Crippen LogP contribution is 2.38. The molecule has 0 aromatic heterocycles. The third kappa shape index (κ3) is 3.14. The average molecular weight is 281 g/mol. The van der Waals surface area contributed by atoms with E-state index in [2.05, 4.69) is 5.32 Å². The Morgan fingerprint density at radius 3 is 2.75 bits per heavy atom. The molecule has 0 spiro atoms. The first-order valence-electron chi connectivity index (χ1n) is 6.58. The van der Waals surface area contributed by atoms with E-state index in [-0.39, 0.29) is 6.79 Å². The maximum absolute atomic E-state index is 11.1. The number of fused-ring (bicyclic) bond motifs is 1. The van der Waals surface area contributed by atoms with Crippen LogP contribution in [-0.4, -0.2) is 31.0 Å². The molecule has 0 amide bonds. The van der Waals surface area contributed by atoms with Gasteiger partial charge in [-0.15, -0.1) is 0 Å². The van der Waals surface area contributed by atoms with Crippen molar-refractivity contribution in [3.63, 3.8) is 0 Å². The number of nitrogens with one attached hydrogen (secondary N) is 1. The molecule has 6 nitrogen and oxygen atoms in total. The van der Waals surface area contributed by atoms with E-state index in [4.69, 9.17) is 19.3 Å². The fraction of sp³-hybridized carbons (Fsp3) is 0.500. The minimum Gasteiger partial charge on any atom is -0.496 e. The number of benzene rings is 1. The number of hydrogen-bond acceptors (Lipinski definition) is 5. The van der Waals surface area contributed by atoms with Crippen LogP contribution in [0.15, 0.2) is 12.1 Å². The summed E-state index contributed by atoms with van der Waals surface area (Å²) >= 11 is 0. The molecule has 2 rings (SSSR count). The standard InChI is InChI=1S/C14H19NO5/c1-3-4-10(14(16)17)15-7-9-5-12-13(20-8-19-12)6-11(9)18-2/h5-6,10,15H,3-4,7-8H2,1-2H3,(H,16,17). The Morgan fingerprint density at radius 2 is 2.15 bits per heavy atom. The van der Waals surface area contributed by atoms with Gasteiger partial charge in [-0.3, -0.25) is 4.79 Å². The van der Waals surface area contributed by atoms with Crippen LogP contribution in [0.25, 0.3) is 0 Å². The lowest BCUT2D eigenvalue weighted by atomic mass is 10.1. The van der Waals surface area contributed by atoms with Crippen molar-refractivity contribution in [1.29, 1.82) is 0 Å². The van der Waals surface area contributed by atoms with Crippen LogP contribution in [0.2, 0.25) is 0 Å². The van der Waals surface area contributed by atoms with Crippen molar-refractivity contribution < 1.29 is 24.1 Å². The van der Waals surface area contributed by atoms with Crippen molar-refractivity contribution in [1.82, 2.24) is 5.32 Å². The molecule has 0 bridgehead atoms. The summed E-state index contributed by atoms with van der Waals surface area (Å²) in [5, 5.41) is 12.2. The van der Waals surface area contributed by atoms with Gasteiger partial charge in [-0.05, 0) is 12.5 Å². The molecular weight excluding hydrogens is 262 g/mol. The first-order valence-corrected chi connectivity index (χ1v) is 6.58. The molecular formula is C14H19NO5. The summed E-state index contributed by atoms with van der Waals surface area (Å²) in [5.41, 5.74) is 0.846. The van der Waals surface area contributed by atoms with Gasteiger partial charge in [-0.25, -0.2) is 0 Å². The van der Waals surface area contributed by atoms with E-state index in [0.717, 1.165) is 12.0 Å². The van der Waals surface area contributed by atoms with Crippen LogP contribution in [0.4, 0.5) is 0 Å². The predicted molar refractivity (Wildman–Crippen MR) is 72.3 cm³/mol. The van der Waals surface area contributed by atoms with Crippen LogP contribution in [-0.2, 0) is 11.3 Å². The molecule has 1 aliphatic rings. The van der Waals surface area contributed by atoms with E-state index >= 15 is 0 Å². The summed E-state index contributed by atoms with van der Waals surface area (Å²) in [6, 6.07) is 3.02. The van der Waals surface area contributed by atoms with Gasteiger partial charge in [-0.2, -0.15) is 0 Å². The summed E-state index contributed by atoms with van der Waals surface area (Å²) in [7, 11) is 1.57. The van der Waals surface area contributed by atoms with Gasteiger partial charge in [0.2, 0.25) is 6.79 Å². The molecule has 2 N–H and O–H groups in total. The summed E-state index contributed by atoms with van der Waals surface area (Å²) in [6.07, 6.45) is 1.39. The molecule has 0 saturated carbocycles. The van der Waals surface area contributed by atoms with Gasteiger partial charge in [0.25, 0.3) is 0 Å². The minimum absolute atomic E-state index is 0.197. The van der Waals surface area contributed by atoms with E-state index in [1.165, 1.54) is 0 Å². The lowest BCUT2D eigenvalue weighted by molar-refractivity contribution is -0.139. The molecule has 6 heteroatoms. The van der Waals surface area contributed by atoms with E-state index in [9.17, 15) is 4.79 Å². The number of rotatable bonds is 7. The molecule has 1 aromatic carbocycles. The molecule has 0 fully saturated rings. The monoisotopic (exact) mass is 281 g/mol. The molecule has 110 valence electrons. The fourth-order valence-corrected chi connectivity index (χ4v) is 2.13. The highest BCUT2D eigenvalue weighted by molar-refractivity contribution is 5.73. The third-order valence-corrected chi connectivity index (χ3v) is 3.19. The van der Waals surface area contributed by atoms with Gasteiger partial charge in [0, 0.05) is 18.2 Å². The topological polar surface area (TPSA) is 77.0 Å². The smallest absolute Gasteiger partial charge is 0.320 e. The van der Waals surface area contributed by atoms with Gasteiger partial charge in [0.1, 0.15) is 11.8 Å². The van der Waals surface area contributed by atoms with Crippen molar-refractivity contribution in [2.24, 2.45) is 0 Å². The van der Waals surface area contributed by atoms with E-state index < -0.39 is 12.0 Å². The van der Waals surface area contributed by atoms with Crippen molar-refractivity contribution in [2.75, 3.05) is 13.9 Å². The van der Waals surface area contributed by atoms with Crippen molar-refractivity contribution in [3.8, 4) is 17.2 Å². The Hall–Kier alpha value is -1.95. The zero-order valence-electron chi connectivity index (χ0n) is 11.6. The summed E-state index contributed by atoms with van der Waals surface area (Å²) in [6.45, 7) is 2.55. The van der Waals surface area contributed by atoms with Gasteiger partial charge >= 0.3 is 5.97 Å². The Kier molecular flexibility index (Phi) is 4.68. The third-order valence-electron chi connectivity index (χ3n) is 3.19. The first-order chi connectivity index (χ1) is 9.65. The van der Waals surface area contributed by atoms with Crippen LogP contribution in [0.1, 0.15) is 25.3 Å². The Labute approximate surface area is 117 Å². The van der Waals surface area contributed by atoms with Crippen LogP contribution in [0, 0.1) is 0 Å². The van der Waals surface area contributed by atoms with Gasteiger partial charge in [0.15, 0.2) is 11.5 Å². The number of hydrogen-bond donors (Lipinski definition) is 2. The zero-order chi connectivity index (χ0) is 14.5. The van der Waals surface area contributed by atoms with Crippen molar-refractivity contribution in [2.45, 2.75) is 32.4 Å². The van der Waals surface area contributed by atoms with Gasteiger partial charge in [-0.1, -0.05) is 13.3 Å². The summed E-state index contributed by atoms with van der Waals surface area (Å²) < 4.78 is 15.9. The fourth-order valence-electron chi connectivity index (χ4n) is 2.13. The van der Waals surface area contributed by atoms with Crippen molar-refractivity contribution in [3.05, 3.63) is 17.7 Å². The van der Waals surface area contributed by atoms with Crippen LogP contribution >= 0.6 is 0 Å². The molecule has 1 unspecified atom stereocenters. The Balaban J connectivity index is 2.10.